The van der Waals surface area contributed by atoms with E-state index in [1.165, 1.54) is 5.56 Å². The molecule has 0 aromatic heterocycles. The van der Waals surface area contributed by atoms with Gasteiger partial charge in [-0.1, -0.05) is 29.8 Å². The van der Waals surface area contributed by atoms with Gasteiger partial charge >= 0.3 is 0 Å². The van der Waals surface area contributed by atoms with Crippen molar-refractivity contribution in [2.75, 3.05) is 31.1 Å². The highest BCUT2D eigenvalue weighted by molar-refractivity contribution is 6.30. The van der Waals surface area contributed by atoms with Crippen LogP contribution >= 0.6 is 11.6 Å². The first-order chi connectivity index (χ1) is 12.9. The molecule has 1 fully saturated rings. The first kappa shape index (κ1) is 19.7. The van der Waals surface area contributed by atoms with Gasteiger partial charge in [0, 0.05) is 42.5 Å². The van der Waals surface area contributed by atoms with Gasteiger partial charge < -0.3 is 14.5 Å². The van der Waals surface area contributed by atoms with Crippen LogP contribution in [0.4, 0.5) is 5.69 Å². The van der Waals surface area contributed by atoms with Crippen molar-refractivity contribution in [1.82, 2.24) is 4.90 Å². The standard InChI is InChI=1S/C22H27ClN2O2/c1-16(2)27-15-18-5-7-19(8-6-18)22(26)25-12-10-24(11-13-25)21-14-20(23)9-4-17(21)3/h4-9,14,16H,10-13,15H2,1-3H3. The van der Waals surface area contributed by atoms with E-state index in [-0.39, 0.29) is 12.0 Å². The van der Waals surface area contributed by atoms with Crippen molar-refractivity contribution < 1.29 is 9.53 Å². The lowest BCUT2D eigenvalue weighted by Gasteiger charge is -2.37. The first-order valence-electron chi connectivity index (χ1n) is 9.45. The van der Waals surface area contributed by atoms with E-state index in [0.717, 1.165) is 34.9 Å². The number of rotatable bonds is 5. The van der Waals surface area contributed by atoms with Crippen molar-refractivity contribution in [3.63, 3.8) is 0 Å². The smallest absolute Gasteiger partial charge is 0.253 e. The highest BCUT2D eigenvalue weighted by Crippen LogP contribution is 2.25. The Morgan fingerprint density at radius 3 is 2.37 bits per heavy atom. The van der Waals surface area contributed by atoms with Crippen LogP contribution in [-0.2, 0) is 11.3 Å². The van der Waals surface area contributed by atoms with Crippen molar-refractivity contribution in [1.29, 1.82) is 0 Å². The molecule has 2 aromatic rings. The second kappa shape index (κ2) is 8.77. The summed E-state index contributed by atoms with van der Waals surface area (Å²) in [6, 6.07) is 13.7. The molecule has 2 aromatic carbocycles. The van der Waals surface area contributed by atoms with Gasteiger partial charge in [0.05, 0.1) is 12.7 Å². The molecule has 144 valence electrons. The van der Waals surface area contributed by atoms with Crippen molar-refractivity contribution >= 4 is 23.2 Å². The van der Waals surface area contributed by atoms with Crippen LogP contribution in [0.15, 0.2) is 42.5 Å². The van der Waals surface area contributed by atoms with Gasteiger partial charge in [0.1, 0.15) is 0 Å². The van der Waals surface area contributed by atoms with Gasteiger partial charge in [-0.25, -0.2) is 0 Å². The Hall–Kier alpha value is -2.04. The summed E-state index contributed by atoms with van der Waals surface area (Å²) >= 11 is 6.15. The summed E-state index contributed by atoms with van der Waals surface area (Å²) in [5.74, 6) is 0.0915. The van der Waals surface area contributed by atoms with E-state index in [4.69, 9.17) is 16.3 Å². The van der Waals surface area contributed by atoms with Gasteiger partial charge in [-0.15, -0.1) is 0 Å². The molecule has 0 atom stereocenters. The minimum absolute atomic E-state index is 0.0915. The molecule has 0 radical (unpaired) electrons. The van der Waals surface area contributed by atoms with Crippen LogP contribution in [0.5, 0.6) is 0 Å². The number of benzene rings is 2. The number of carbonyl (C=O) groups is 1. The maximum atomic E-state index is 12.8. The predicted octanol–water partition coefficient (Wildman–Crippen LogP) is 4.54. The maximum absolute atomic E-state index is 12.8. The molecule has 27 heavy (non-hydrogen) atoms. The lowest BCUT2D eigenvalue weighted by atomic mass is 10.1. The lowest BCUT2D eigenvalue weighted by Crippen LogP contribution is -2.49. The summed E-state index contributed by atoms with van der Waals surface area (Å²) in [7, 11) is 0. The number of hydrogen-bond donors (Lipinski definition) is 0. The monoisotopic (exact) mass is 386 g/mol. The van der Waals surface area contributed by atoms with E-state index in [9.17, 15) is 4.79 Å². The van der Waals surface area contributed by atoms with Crippen molar-refractivity contribution in [2.45, 2.75) is 33.5 Å². The van der Waals surface area contributed by atoms with Gasteiger partial charge in [0.2, 0.25) is 0 Å². The van der Waals surface area contributed by atoms with E-state index in [1.807, 2.05) is 61.2 Å². The summed E-state index contributed by atoms with van der Waals surface area (Å²) < 4.78 is 5.61. The first-order valence-corrected chi connectivity index (χ1v) is 9.83. The van der Waals surface area contributed by atoms with Crippen LogP contribution < -0.4 is 4.90 Å². The van der Waals surface area contributed by atoms with E-state index in [2.05, 4.69) is 11.8 Å². The zero-order valence-electron chi connectivity index (χ0n) is 16.2. The summed E-state index contributed by atoms with van der Waals surface area (Å²) in [6.45, 7) is 9.74. The van der Waals surface area contributed by atoms with E-state index < -0.39 is 0 Å². The Morgan fingerprint density at radius 1 is 1.07 bits per heavy atom. The fourth-order valence-electron chi connectivity index (χ4n) is 3.26. The summed E-state index contributed by atoms with van der Waals surface area (Å²) in [6.07, 6.45) is 0.200. The normalized spacial score (nSPS) is 14.7. The average molecular weight is 387 g/mol. The van der Waals surface area contributed by atoms with Gasteiger partial charge in [-0.05, 0) is 56.2 Å². The molecular formula is C22H27ClN2O2. The van der Waals surface area contributed by atoms with E-state index in [0.29, 0.717) is 19.7 Å². The molecule has 1 amide bonds. The number of piperazine rings is 1. The third kappa shape index (κ3) is 5.02. The number of nitrogens with zero attached hydrogens (tertiary/aromatic N) is 2. The molecule has 0 spiro atoms. The topological polar surface area (TPSA) is 32.8 Å². The maximum Gasteiger partial charge on any atom is 0.253 e. The second-order valence-corrected chi connectivity index (χ2v) is 7.70. The molecule has 0 aliphatic carbocycles. The third-order valence-corrected chi connectivity index (χ3v) is 5.10. The van der Waals surface area contributed by atoms with Crippen LogP contribution in [0.3, 0.4) is 0 Å². The SMILES string of the molecule is Cc1ccc(Cl)cc1N1CCN(C(=O)c2ccc(COC(C)C)cc2)CC1. The number of hydrogen-bond acceptors (Lipinski definition) is 3. The fourth-order valence-corrected chi connectivity index (χ4v) is 3.43. The van der Waals surface area contributed by atoms with E-state index >= 15 is 0 Å². The molecule has 0 bridgehead atoms. The quantitative estimate of drug-likeness (QED) is 0.756. The minimum Gasteiger partial charge on any atom is -0.374 e. The van der Waals surface area contributed by atoms with Gasteiger partial charge in [-0.2, -0.15) is 0 Å². The largest absolute Gasteiger partial charge is 0.374 e. The number of carbonyl (C=O) groups excluding carboxylic acids is 1. The van der Waals surface area contributed by atoms with Crippen LogP contribution in [0.25, 0.3) is 0 Å². The molecule has 1 heterocycles. The molecule has 5 heteroatoms. The minimum atomic E-state index is 0.0915. The van der Waals surface area contributed by atoms with Crippen molar-refractivity contribution in [3.05, 3.63) is 64.2 Å². The van der Waals surface area contributed by atoms with E-state index in [1.54, 1.807) is 0 Å². The second-order valence-electron chi connectivity index (χ2n) is 7.27. The van der Waals surface area contributed by atoms with Crippen molar-refractivity contribution in [2.24, 2.45) is 0 Å². The molecule has 1 saturated heterocycles. The zero-order chi connectivity index (χ0) is 19.4. The molecule has 1 aliphatic heterocycles. The van der Waals surface area contributed by atoms with Crippen LogP contribution in [0, 0.1) is 6.92 Å². The fraction of sp³-hybridized carbons (Fsp3) is 0.409. The number of aryl methyl sites for hydroxylation is 1. The Bertz CT molecular complexity index is 781. The molecule has 0 unspecified atom stereocenters. The summed E-state index contributed by atoms with van der Waals surface area (Å²) in [4.78, 5) is 17.0. The molecule has 3 rings (SSSR count). The van der Waals surface area contributed by atoms with Crippen LogP contribution in [-0.4, -0.2) is 43.1 Å². The van der Waals surface area contributed by atoms with Crippen LogP contribution in [0.2, 0.25) is 5.02 Å². The van der Waals surface area contributed by atoms with Gasteiger partial charge in [0.15, 0.2) is 0 Å². The number of ether oxygens (including phenoxy) is 1. The Labute approximate surface area is 166 Å². The average Bonchev–Trinajstić information content (AvgIpc) is 2.68. The number of halogens is 1. The third-order valence-electron chi connectivity index (χ3n) is 4.86. The predicted molar refractivity (Wildman–Crippen MR) is 111 cm³/mol. The summed E-state index contributed by atoms with van der Waals surface area (Å²) in [5.41, 5.74) is 4.18. The number of amides is 1. The molecular weight excluding hydrogens is 360 g/mol. The van der Waals surface area contributed by atoms with Gasteiger partial charge in [-0.3, -0.25) is 4.79 Å². The highest BCUT2D eigenvalue weighted by atomic mass is 35.5. The number of anilines is 1. The Balaban J connectivity index is 1.59. The Kier molecular flexibility index (Phi) is 6.40. The molecule has 1 aliphatic rings. The molecule has 0 saturated carbocycles. The molecule has 4 nitrogen and oxygen atoms in total. The highest BCUT2D eigenvalue weighted by Gasteiger charge is 2.23. The zero-order valence-corrected chi connectivity index (χ0v) is 17.0. The summed E-state index contributed by atoms with van der Waals surface area (Å²) in [5, 5.41) is 0.746. The molecule has 0 N–H and O–H groups in total. The van der Waals surface area contributed by atoms with Gasteiger partial charge in [0.25, 0.3) is 5.91 Å². The van der Waals surface area contributed by atoms with Crippen molar-refractivity contribution in [3.8, 4) is 0 Å². The lowest BCUT2D eigenvalue weighted by molar-refractivity contribution is 0.0655. The Morgan fingerprint density at radius 2 is 1.74 bits per heavy atom. The van der Waals surface area contributed by atoms with Crippen LogP contribution in [0.1, 0.15) is 35.3 Å².